The average Bonchev–Trinajstić information content (AvgIpc) is 2.60. The molecule has 0 aliphatic rings. The maximum atomic E-state index is 12.7. The molecule has 0 atom stereocenters. The number of halogens is 1. The van der Waals surface area contributed by atoms with E-state index in [2.05, 4.69) is 5.10 Å². The zero-order chi connectivity index (χ0) is 17.1. The fourth-order valence-corrected chi connectivity index (χ4v) is 2.64. The molecule has 1 heterocycles. The van der Waals surface area contributed by atoms with Crippen LogP contribution < -0.4 is 5.56 Å². The van der Waals surface area contributed by atoms with Crippen molar-refractivity contribution in [2.45, 2.75) is 13.0 Å². The van der Waals surface area contributed by atoms with E-state index in [-0.39, 0.29) is 12.0 Å². The number of hydrogen-bond donors (Lipinski definition) is 0. The maximum absolute atomic E-state index is 12.7. The van der Waals surface area contributed by atoms with Gasteiger partial charge in [0.2, 0.25) is 0 Å². The Morgan fingerprint density at radius 3 is 2.46 bits per heavy atom. The Morgan fingerprint density at radius 1 is 1.12 bits per heavy atom. The van der Waals surface area contributed by atoms with Gasteiger partial charge in [-0.15, -0.1) is 0 Å². The first-order valence-electron chi connectivity index (χ1n) is 7.38. The fourth-order valence-electron chi connectivity index (χ4n) is 2.51. The van der Waals surface area contributed by atoms with Gasteiger partial charge in [0.05, 0.1) is 31.2 Å². The highest BCUT2D eigenvalue weighted by Crippen LogP contribution is 2.15. The first-order chi connectivity index (χ1) is 11.6. The van der Waals surface area contributed by atoms with Gasteiger partial charge in [-0.3, -0.25) is 9.59 Å². The van der Waals surface area contributed by atoms with E-state index in [0.29, 0.717) is 28.0 Å². The van der Waals surface area contributed by atoms with E-state index in [4.69, 9.17) is 16.3 Å². The predicted octanol–water partition coefficient (Wildman–Crippen LogP) is 2.81. The Bertz CT molecular complexity index is 949. The molecule has 0 saturated heterocycles. The van der Waals surface area contributed by atoms with Gasteiger partial charge in [0.15, 0.2) is 0 Å². The van der Waals surface area contributed by atoms with Crippen molar-refractivity contribution in [1.82, 2.24) is 9.78 Å². The van der Waals surface area contributed by atoms with Gasteiger partial charge in [-0.25, -0.2) is 4.68 Å². The third-order valence-electron chi connectivity index (χ3n) is 3.73. The molecule has 0 N–H and O–H groups in total. The molecule has 0 aliphatic carbocycles. The number of rotatable bonds is 4. The highest BCUT2D eigenvalue weighted by Gasteiger charge is 2.14. The minimum Gasteiger partial charge on any atom is -0.469 e. The molecule has 6 heteroatoms. The third kappa shape index (κ3) is 3.31. The van der Waals surface area contributed by atoms with E-state index < -0.39 is 5.97 Å². The average molecular weight is 343 g/mol. The SMILES string of the molecule is COC(=O)Cc1nn(Cc2ccc(Cl)cc2)c(=O)c2ccccc12. The van der Waals surface area contributed by atoms with Crippen LogP contribution in [0.2, 0.25) is 5.02 Å². The fraction of sp³-hybridized carbons (Fsp3) is 0.167. The molecule has 3 rings (SSSR count). The lowest BCUT2D eigenvalue weighted by Crippen LogP contribution is -2.26. The highest BCUT2D eigenvalue weighted by molar-refractivity contribution is 6.30. The normalized spacial score (nSPS) is 10.8. The van der Waals surface area contributed by atoms with Gasteiger partial charge in [0.1, 0.15) is 0 Å². The largest absolute Gasteiger partial charge is 0.469 e. The van der Waals surface area contributed by atoms with Crippen LogP contribution in [0.25, 0.3) is 10.8 Å². The third-order valence-corrected chi connectivity index (χ3v) is 3.98. The first-order valence-corrected chi connectivity index (χ1v) is 7.76. The second kappa shape index (κ2) is 6.84. The van der Waals surface area contributed by atoms with Crippen LogP contribution in [-0.4, -0.2) is 22.9 Å². The Labute approximate surface area is 143 Å². The van der Waals surface area contributed by atoms with Gasteiger partial charge in [0.25, 0.3) is 5.56 Å². The Morgan fingerprint density at radius 2 is 1.79 bits per heavy atom. The minimum absolute atomic E-state index is 0.0118. The lowest BCUT2D eigenvalue weighted by atomic mass is 10.1. The Balaban J connectivity index is 2.10. The molecule has 122 valence electrons. The van der Waals surface area contributed by atoms with Gasteiger partial charge in [-0.05, 0) is 23.8 Å². The van der Waals surface area contributed by atoms with Crippen LogP contribution in [-0.2, 0) is 22.5 Å². The summed E-state index contributed by atoms with van der Waals surface area (Å²) in [4.78, 5) is 24.3. The smallest absolute Gasteiger partial charge is 0.311 e. The molecule has 0 saturated carbocycles. The molecule has 0 amide bonds. The van der Waals surface area contributed by atoms with Gasteiger partial charge >= 0.3 is 5.97 Å². The van der Waals surface area contributed by atoms with Crippen molar-refractivity contribution in [3.63, 3.8) is 0 Å². The van der Waals surface area contributed by atoms with Crippen LogP contribution in [0.5, 0.6) is 0 Å². The number of benzene rings is 2. The van der Waals surface area contributed by atoms with Crippen molar-refractivity contribution in [3.05, 3.63) is 75.2 Å². The van der Waals surface area contributed by atoms with Crippen molar-refractivity contribution in [1.29, 1.82) is 0 Å². The van der Waals surface area contributed by atoms with E-state index >= 15 is 0 Å². The number of carbonyl (C=O) groups excluding carboxylic acids is 1. The number of methoxy groups -OCH3 is 1. The molecule has 0 unspecified atom stereocenters. The van der Waals surface area contributed by atoms with Crippen LogP contribution in [0.15, 0.2) is 53.3 Å². The number of hydrogen-bond acceptors (Lipinski definition) is 4. The molecular formula is C18H15ClN2O3. The molecule has 0 spiro atoms. The van der Waals surface area contributed by atoms with Gasteiger partial charge in [-0.2, -0.15) is 5.10 Å². The standard InChI is InChI=1S/C18H15ClN2O3/c1-24-17(22)10-16-14-4-2-3-5-15(14)18(23)21(20-16)11-12-6-8-13(19)9-7-12/h2-9H,10-11H2,1H3. The lowest BCUT2D eigenvalue weighted by molar-refractivity contribution is -0.139. The van der Waals surface area contributed by atoms with Crippen molar-refractivity contribution in [2.24, 2.45) is 0 Å². The van der Waals surface area contributed by atoms with Gasteiger partial charge < -0.3 is 4.74 Å². The zero-order valence-corrected chi connectivity index (χ0v) is 13.8. The van der Waals surface area contributed by atoms with E-state index in [1.165, 1.54) is 11.8 Å². The van der Waals surface area contributed by atoms with Crippen LogP contribution >= 0.6 is 11.6 Å². The lowest BCUT2D eigenvalue weighted by Gasteiger charge is -2.10. The van der Waals surface area contributed by atoms with Crippen LogP contribution in [0, 0.1) is 0 Å². The summed E-state index contributed by atoms with van der Waals surface area (Å²) in [5.41, 5.74) is 1.22. The monoisotopic (exact) mass is 342 g/mol. The summed E-state index contributed by atoms with van der Waals surface area (Å²) in [7, 11) is 1.33. The molecule has 2 aromatic carbocycles. The van der Waals surface area contributed by atoms with Crippen molar-refractivity contribution in [2.75, 3.05) is 7.11 Å². The van der Waals surface area contributed by atoms with Crippen LogP contribution in [0.3, 0.4) is 0 Å². The number of ether oxygens (including phenoxy) is 1. The number of fused-ring (bicyclic) bond motifs is 1. The van der Waals surface area contributed by atoms with Crippen molar-refractivity contribution < 1.29 is 9.53 Å². The summed E-state index contributed by atoms with van der Waals surface area (Å²) in [5, 5.41) is 6.20. The topological polar surface area (TPSA) is 61.2 Å². The van der Waals surface area contributed by atoms with E-state index in [9.17, 15) is 9.59 Å². The quantitative estimate of drug-likeness (QED) is 0.684. The Hall–Kier alpha value is -2.66. The molecule has 3 aromatic rings. The van der Waals surface area contributed by atoms with E-state index in [1.54, 1.807) is 30.3 Å². The zero-order valence-electron chi connectivity index (χ0n) is 13.0. The highest BCUT2D eigenvalue weighted by atomic mass is 35.5. The second-order valence-corrected chi connectivity index (χ2v) is 5.77. The summed E-state index contributed by atoms with van der Waals surface area (Å²) < 4.78 is 6.09. The summed E-state index contributed by atoms with van der Waals surface area (Å²) in [5.74, 6) is -0.399. The molecule has 0 bridgehead atoms. The number of nitrogens with zero attached hydrogens (tertiary/aromatic N) is 2. The van der Waals surface area contributed by atoms with Gasteiger partial charge in [0, 0.05) is 10.4 Å². The van der Waals surface area contributed by atoms with Crippen LogP contribution in [0.1, 0.15) is 11.3 Å². The van der Waals surface area contributed by atoms with E-state index in [1.807, 2.05) is 18.2 Å². The molecule has 0 radical (unpaired) electrons. The number of aromatic nitrogens is 2. The van der Waals surface area contributed by atoms with E-state index in [0.717, 1.165) is 5.56 Å². The van der Waals surface area contributed by atoms with Crippen molar-refractivity contribution in [3.8, 4) is 0 Å². The minimum atomic E-state index is -0.399. The molecule has 5 nitrogen and oxygen atoms in total. The molecule has 0 fully saturated rings. The Kier molecular flexibility index (Phi) is 4.62. The summed E-state index contributed by atoms with van der Waals surface area (Å²) in [6.07, 6.45) is 0.0118. The summed E-state index contributed by atoms with van der Waals surface area (Å²) >= 11 is 5.89. The van der Waals surface area contributed by atoms with Crippen molar-refractivity contribution >= 4 is 28.3 Å². The molecule has 0 aliphatic heterocycles. The molecule has 24 heavy (non-hydrogen) atoms. The van der Waals surface area contributed by atoms with Crippen LogP contribution in [0.4, 0.5) is 0 Å². The maximum Gasteiger partial charge on any atom is 0.311 e. The molecule has 1 aromatic heterocycles. The molecular weight excluding hydrogens is 328 g/mol. The van der Waals surface area contributed by atoms with Gasteiger partial charge in [-0.1, -0.05) is 41.9 Å². The first kappa shape index (κ1) is 16.2. The number of esters is 1. The number of carbonyl (C=O) groups is 1. The summed E-state index contributed by atoms with van der Waals surface area (Å²) in [6.45, 7) is 0.301. The summed E-state index contributed by atoms with van der Waals surface area (Å²) in [6, 6.07) is 14.3. The second-order valence-electron chi connectivity index (χ2n) is 5.33. The predicted molar refractivity (Wildman–Crippen MR) is 92.3 cm³/mol.